The average molecular weight is 417 g/mol. The Kier molecular flexibility index (Phi) is 4.54. The molecule has 2 aromatic heterocycles. The van der Waals surface area contributed by atoms with E-state index in [1.165, 1.54) is 33.1 Å². The number of hydrogen-bond acceptors (Lipinski definition) is 4. The van der Waals surface area contributed by atoms with E-state index in [1.54, 1.807) is 0 Å². The van der Waals surface area contributed by atoms with Crippen LogP contribution in [0.3, 0.4) is 0 Å². The highest BCUT2D eigenvalue weighted by Crippen LogP contribution is 2.29. The number of nitrogens with one attached hydrogen (secondary N) is 1. The van der Waals surface area contributed by atoms with Crippen LogP contribution in [0.5, 0.6) is 0 Å². The smallest absolute Gasteiger partial charge is 0.203 e. The lowest BCUT2D eigenvalue weighted by Gasteiger charge is -1.99. The number of anilines is 1. The molecular formula is C23H17ClN4S. The molecule has 0 aliphatic heterocycles. The third-order valence-corrected chi connectivity index (χ3v) is 5.92. The SMILES string of the molecule is Cn1c2ccccc2c2cc(/C=N/Nc3nc(-c4cccc(Cl)c4)cs3)ccc21. The van der Waals surface area contributed by atoms with Crippen molar-refractivity contribution >= 4 is 56.1 Å². The van der Waals surface area contributed by atoms with Crippen LogP contribution in [0, 0.1) is 0 Å². The zero-order valence-corrected chi connectivity index (χ0v) is 17.2. The van der Waals surface area contributed by atoms with Gasteiger partial charge in [-0.2, -0.15) is 5.10 Å². The standard InChI is InChI=1S/C23H17ClN4S/c1-28-21-8-3-2-7-18(21)19-11-15(9-10-22(19)28)13-25-27-23-26-20(14-29-23)16-5-4-6-17(24)12-16/h2-14H,1H3,(H,26,27)/b25-13+. The van der Waals surface area contributed by atoms with Crippen molar-refractivity contribution < 1.29 is 0 Å². The minimum Gasteiger partial charge on any atom is -0.344 e. The molecule has 4 nitrogen and oxygen atoms in total. The van der Waals surface area contributed by atoms with E-state index in [0.29, 0.717) is 5.02 Å². The Hall–Kier alpha value is -3.15. The van der Waals surface area contributed by atoms with Crippen LogP contribution in [0.1, 0.15) is 5.56 Å². The van der Waals surface area contributed by atoms with Crippen LogP contribution in [0.2, 0.25) is 5.02 Å². The molecule has 5 aromatic rings. The summed E-state index contributed by atoms with van der Waals surface area (Å²) in [6.45, 7) is 0. The first-order valence-electron chi connectivity index (χ1n) is 9.17. The first-order valence-corrected chi connectivity index (χ1v) is 10.4. The highest BCUT2D eigenvalue weighted by atomic mass is 35.5. The second-order valence-corrected chi connectivity index (χ2v) is 8.07. The molecule has 0 bridgehead atoms. The van der Waals surface area contributed by atoms with Crippen LogP contribution in [-0.4, -0.2) is 15.8 Å². The number of para-hydroxylation sites is 1. The molecule has 0 saturated carbocycles. The number of rotatable bonds is 4. The predicted octanol–water partition coefficient (Wildman–Crippen LogP) is 6.55. The van der Waals surface area contributed by atoms with E-state index < -0.39 is 0 Å². The van der Waals surface area contributed by atoms with Gasteiger partial charge in [0.25, 0.3) is 0 Å². The summed E-state index contributed by atoms with van der Waals surface area (Å²) in [4.78, 5) is 4.58. The van der Waals surface area contributed by atoms with E-state index in [1.807, 2.05) is 35.9 Å². The molecular weight excluding hydrogens is 400 g/mol. The van der Waals surface area contributed by atoms with E-state index in [-0.39, 0.29) is 0 Å². The Morgan fingerprint density at radius 1 is 1.00 bits per heavy atom. The Morgan fingerprint density at radius 2 is 1.86 bits per heavy atom. The zero-order valence-electron chi connectivity index (χ0n) is 15.6. The number of nitrogens with zero attached hydrogens (tertiary/aromatic N) is 3. The number of fused-ring (bicyclic) bond motifs is 3. The van der Waals surface area contributed by atoms with Gasteiger partial charge in [-0.25, -0.2) is 4.98 Å². The summed E-state index contributed by atoms with van der Waals surface area (Å²) >= 11 is 7.58. The molecule has 1 N–H and O–H groups in total. The Morgan fingerprint density at radius 3 is 2.76 bits per heavy atom. The maximum atomic E-state index is 6.07. The van der Waals surface area contributed by atoms with E-state index >= 15 is 0 Å². The molecule has 29 heavy (non-hydrogen) atoms. The first kappa shape index (κ1) is 17.9. The zero-order chi connectivity index (χ0) is 19.8. The minimum atomic E-state index is 0.701. The average Bonchev–Trinajstić information content (AvgIpc) is 3.32. The highest BCUT2D eigenvalue weighted by molar-refractivity contribution is 7.14. The Labute approximate surface area is 177 Å². The molecule has 2 heterocycles. The van der Waals surface area contributed by atoms with E-state index in [0.717, 1.165) is 22.0 Å². The van der Waals surface area contributed by atoms with Crippen molar-refractivity contribution in [1.82, 2.24) is 9.55 Å². The molecule has 142 valence electrons. The Bertz CT molecular complexity index is 1370. The topological polar surface area (TPSA) is 42.2 Å². The van der Waals surface area contributed by atoms with Gasteiger partial charge in [-0.1, -0.05) is 48.0 Å². The lowest BCUT2D eigenvalue weighted by atomic mass is 10.1. The van der Waals surface area contributed by atoms with Gasteiger partial charge in [0.2, 0.25) is 5.13 Å². The predicted molar refractivity (Wildman–Crippen MR) is 124 cm³/mol. The van der Waals surface area contributed by atoms with Gasteiger partial charge in [0.05, 0.1) is 11.9 Å². The van der Waals surface area contributed by atoms with Gasteiger partial charge in [0.1, 0.15) is 0 Å². The van der Waals surface area contributed by atoms with E-state index in [4.69, 9.17) is 11.6 Å². The van der Waals surface area contributed by atoms with Gasteiger partial charge in [-0.3, -0.25) is 5.43 Å². The molecule has 0 fully saturated rings. The molecule has 3 aromatic carbocycles. The van der Waals surface area contributed by atoms with Crippen molar-refractivity contribution in [3.05, 3.63) is 82.7 Å². The van der Waals surface area contributed by atoms with Crippen molar-refractivity contribution in [2.75, 3.05) is 5.43 Å². The number of halogens is 1. The summed E-state index contributed by atoms with van der Waals surface area (Å²) in [6, 6.07) is 22.5. The van der Waals surface area contributed by atoms with Gasteiger partial charge in [0.15, 0.2) is 0 Å². The fraction of sp³-hybridized carbons (Fsp3) is 0.0435. The Balaban J connectivity index is 1.38. The van der Waals surface area contributed by atoms with Crippen LogP contribution in [0.25, 0.3) is 33.1 Å². The van der Waals surface area contributed by atoms with Gasteiger partial charge >= 0.3 is 0 Å². The van der Waals surface area contributed by atoms with Crippen molar-refractivity contribution in [3.8, 4) is 11.3 Å². The van der Waals surface area contributed by atoms with Crippen LogP contribution >= 0.6 is 22.9 Å². The number of thiazole rings is 1. The minimum absolute atomic E-state index is 0.701. The third kappa shape index (κ3) is 3.39. The summed E-state index contributed by atoms with van der Waals surface area (Å²) < 4.78 is 2.22. The molecule has 0 spiro atoms. The number of aromatic nitrogens is 2. The van der Waals surface area contributed by atoms with Crippen molar-refractivity contribution in [1.29, 1.82) is 0 Å². The summed E-state index contributed by atoms with van der Waals surface area (Å²) in [6.07, 6.45) is 1.82. The van der Waals surface area contributed by atoms with Crippen molar-refractivity contribution in [3.63, 3.8) is 0 Å². The highest BCUT2D eigenvalue weighted by Gasteiger charge is 2.08. The quantitative estimate of drug-likeness (QED) is 0.266. The molecule has 0 amide bonds. The third-order valence-electron chi connectivity index (χ3n) is 4.94. The molecule has 5 rings (SSSR count). The fourth-order valence-electron chi connectivity index (χ4n) is 3.53. The summed E-state index contributed by atoms with van der Waals surface area (Å²) in [5, 5.41) is 10.3. The lowest BCUT2D eigenvalue weighted by Crippen LogP contribution is -1.91. The monoisotopic (exact) mass is 416 g/mol. The maximum Gasteiger partial charge on any atom is 0.203 e. The number of benzene rings is 3. The number of hydrazone groups is 1. The summed E-state index contributed by atoms with van der Waals surface area (Å²) in [5.41, 5.74) is 8.38. The molecule has 0 aliphatic carbocycles. The van der Waals surface area contributed by atoms with Crippen molar-refractivity contribution in [2.24, 2.45) is 12.1 Å². The molecule has 0 unspecified atom stereocenters. The molecule has 0 atom stereocenters. The van der Waals surface area contributed by atoms with Gasteiger partial charge in [-0.05, 0) is 35.9 Å². The van der Waals surface area contributed by atoms with Gasteiger partial charge in [-0.15, -0.1) is 11.3 Å². The van der Waals surface area contributed by atoms with Crippen LogP contribution in [0.4, 0.5) is 5.13 Å². The summed E-state index contributed by atoms with van der Waals surface area (Å²) in [7, 11) is 2.10. The molecule has 0 saturated heterocycles. The number of hydrogen-bond donors (Lipinski definition) is 1. The molecule has 6 heteroatoms. The van der Waals surface area contributed by atoms with Gasteiger partial charge < -0.3 is 4.57 Å². The van der Waals surface area contributed by atoms with Crippen LogP contribution < -0.4 is 5.43 Å². The summed E-state index contributed by atoms with van der Waals surface area (Å²) in [5.74, 6) is 0. The van der Waals surface area contributed by atoms with Crippen LogP contribution in [-0.2, 0) is 7.05 Å². The molecule has 0 aliphatic rings. The number of aryl methyl sites for hydroxylation is 1. The lowest BCUT2D eigenvalue weighted by molar-refractivity contribution is 1.01. The second kappa shape index (κ2) is 7.35. The van der Waals surface area contributed by atoms with Crippen LogP contribution in [0.15, 0.2) is 77.2 Å². The largest absolute Gasteiger partial charge is 0.344 e. The first-order chi connectivity index (χ1) is 14.2. The second-order valence-electron chi connectivity index (χ2n) is 6.77. The van der Waals surface area contributed by atoms with E-state index in [9.17, 15) is 0 Å². The molecule has 0 radical (unpaired) electrons. The maximum absolute atomic E-state index is 6.07. The fourth-order valence-corrected chi connectivity index (χ4v) is 4.39. The van der Waals surface area contributed by atoms with Gasteiger partial charge in [0, 0.05) is 44.8 Å². The van der Waals surface area contributed by atoms with Crippen molar-refractivity contribution in [2.45, 2.75) is 0 Å². The van der Waals surface area contributed by atoms with E-state index in [2.05, 4.69) is 69.6 Å². The normalized spacial score (nSPS) is 11.7.